The van der Waals surface area contributed by atoms with Gasteiger partial charge in [0, 0.05) is 5.56 Å². The van der Waals surface area contributed by atoms with E-state index in [4.69, 9.17) is 9.47 Å². The summed E-state index contributed by atoms with van der Waals surface area (Å²) in [5.41, 5.74) is 1.49. The Hall–Kier alpha value is -2.36. The highest BCUT2D eigenvalue weighted by atomic mass is 19.2. The lowest BCUT2D eigenvalue weighted by Gasteiger charge is -2.26. The summed E-state index contributed by atoms with van der Waals surface area (Å²) in [4.78, 5) is 0. The molecular formula is C23H26F2O2. The third-order valence-corrected chi connectivity index (χ3v) is 5.22. The van der Waals surface area contributed by atoms with Crippen LogP contribution in [-0.4, -0.2) is 0 Å². The minimum absolute atomic E-state index is 0.0348. The maximum Gasteiger partial charge on any atom is 0.201 e. The largest absolute Gasteiger partial charge is 0.489 e. The Balaban J connectivity index is 1.61. The second kappa shape index (κ2) is 9.03. The summed E-state index contributed by atoms with van der Waals surface area (Å²) in [7, 11) is 0. The Kier molecular flexibility index (Phi) is 6.49. The van der Waals surface area contributed by atoms with E-state index in [1.54, 1.807) is 13.0 Å². The van der Waals surface area contributed by atoms with Crippen molar-refractivity contribution in [2.24, 2.45) is 5.92 Å². The number of benzene rings is 2. The van der Waals surface area contributed by atoms with Gasteiger partial charge >= 0.3 is 0 Å². The van der Waals surface area contributed by atoms with Gasteiger partial charge in [0.15, 0.2) is 11.6 Å². The van der Waals surface area contributed by atoms with Crippen molar-refractivity contribution in [2.75, 3.05) is 0 Å². The number of halogens is 2. The maximum atomic E-state index is 14.2. The molecule has 1 saturated carbocycles. The van der Waals surface area contributed by atoms with E-state index in [-0.39, 0.29) is 17.9 Å². The van der Waals surface area contributed by atoms with Crippen LogP contribution in [0.1, 0.15) is 56.6 Å². The molecule has 1 aliphatic carbocycles. The average molecular weight is 372 g/mol. The predicted octanol–water partition coefficient (Wildman–Crippen LogP) is 6.75. The van der Waals surface area contributed by atoms with Gasteiger partial charge in [0.2, 0.25) is 5.82 Å². The zero-order valence-electron chi connectivity index (χ0n) is 15.9. The number of hydrogen-bond donors (Lipinski definition) is 0. The summed E-state index contributed by atoms with van der Waals surface area (Å²) in [5.74, 6) is 0.0129. The van der Waals surface area contributed by atoms with Crippen molar-refractivity contribution in [3.63, 3.8) is 0 Å². The lowest BCUT2D eigenvalue weighted by atomic mass is 9.79. The first-order valence-corrected chi connectivity index (χ1v) is 9.56. The first-order chi connectivity index (χ1) is 13.1. The lowest BCUT2D eigenvalue weighted by Crippen LogP contribution is -2.10. The van der Waals surface area contributed by atoms with Gasteiger partial charge in [0.1, 0.15) is 12.4 Å². The first kappa shape index (κ1) is 19.4. The quantitative estimate of drug-likeness (QED) is 0.522. The van der Waals surface area contributed by atoms with Crippen LogP contribution in [-0.2, 0) is 6.61 Å². The molecule has 0 saturated heterocycles. The SMILES string of the molecule is CC=COc1ccc(COc2ccc(C3CCC(C)CC3)cc2)c(F)c1F. The van der Waals surface area contributed by atoms with Crippen molar-refractivity contribution in [1.82, 2.24) is 0 Å². The molecule has 0 unspecified atom stereocenters. The number of allylic oxidation sites excluding steroid dienone is 1. The standard InChI is InChI=1S/C23H26F2O2/c1-3-14-26-21-13-10-19(22(24)23(21)25)15-27-20-11-8-18(9-12-20)17-6-4-16(2)5-7-17/h3,8-14,16-17H,4-7,15H2,1-2H3. The third-order valence-electron chi connectivity index (χ3n) is 5.22. The zero-order chi connectivity index (χ0) is 19.2. The summed E-state index contributed by atoms with van der Waals surface area (Å²) in [6, 6.07) is 10.9. The molecule has 0 aromatic heterocycles. The molecule has 0 spiro atoms. The molecule has 144 valence electrons. The Labute approximate surface area is 159 Å². The monoisotopic (exact) mass is 372 g/mol. The lowest BCUT2D eigenvalue weighted by molar-refractivity contribution is 0.295. The highest BCUT2D eigenvalue weighted by Crippen LogP contribution is 2.36. The van der Waals surface area contributed by atoms with Crippen molar-refractivity contribution >= 4 is 0 Å². The molecule has 27 heavy (non-hydrogen) atoms. The predicted molar refractivity (Wildman–Crippen MR) is 103 cm³/mol. The summed E-state index contributed by atoms with van der Waals surface area (Å²) in [6.07, 6.45) is 7.93. The second-order valence-electron chi connectivity index (χ2n) is 7.25. The maximum absolute atomic E-state index is 14.2. The van der Waals surface area contributed by atoms with E-state index in [0.29, 0.717) is 11.7 Å². The summed E-state index contributed by atoms with van der Waals surface area (Å²) in [5, 5.41) is 0. The molecule has 0 aliphatic heterocycles. The highest BCUT2D eigenvalue weighted by Gasteiger charge is 2.19. The Morgan fingerprint density at radius 2 is 1.67 bits per heavy atom. The van der Waals surface area contributed by atoms with E-state index in [1.165, 1.54) is 49.6 Å². The number of ether oxygens (including phenoxy) is 2. The molecule has 0 atom stereocenters. The fourth-order valence-corrected chi connectivity index (χ4v) is 3.51. The zero-order valence-corrected chi connectivity index (χ0v) is 15.9. The van der Waals surface area contributed by atoms with Gasteiger partial charge in [-0.15, -0.1) is 0 Å². The van der Waals surface area contributed by atoms with Crippen LogP contribution in [0, 0.1) is 17.6 Å². The molecule has 3 rings (SSSR count). The fourth-order valence-electron chi connectivity index (χ4n) is 3.51. The summed E-state index contributed by atoms with van der Waals surface area (Å²) >= 11 is 0. The molecule has 2 aromatic carbocycles. The van der Waals surface area contributed by atoms with Gasteiger partial charge in [0.25, 0.3) is 0 Å². The molecule has 4 heteroatoms. The van der Waals surface area contributed by atoms with Crippen LogP contribution in [0.4, 0.5) is 8.78 Å². The van der Waals surface area contributed by atoms with Gasteiger partial charge in [-0.1, -0.05) is 38.0 Å². The molecule has 0 amide bonds. The van der Waals surface area contributed by atoms with Gasteiger partial charge in [-0.05, 0) is 61.4 Å². The number of hydrogen-bond acceptors (Lipinski definition) is 2. The summed E-state index contributed by atoms with van der Waals surface area (Å²) < 4.78 is 38.9. The van der Waals surface area contributed by atoms with Crippen LogP contribution < -0.4 is 9.47 Å². The van der Waals surface area contributed by atoms with E-state index in [1.807, 2.05) is 12.1 Å². The molecule has 2 nitrogen and oxygen atoms in total. The Morgan fingerprint density at radius 1 is 0.963 bits per heavy atom. The molecule has 0 radical (unpaired) electrons. The molecule has 0 N–H and O–H groups in total. The van der Waals surface area contributed by atoms with Crippen molar-refractivity contribution < 1.29 is 18.3 Å². The van der Waals surface area contributed by atoms with Crippen LogP contribution in [0.15, 0.2) is 48.7 Å². The highest BCUT2D eigenvalue weighted by molar-refractivity contribution is 5.33. The van der Waals surface area contributed by atoms with Crippen LogP contribution >= 0.6 is 0 Å². The average Bonchev–Trinajstić information content (AvgIpc) is 2.69. The normalized spacial score (nSPS) is 20.0. The van der Waals surface area contributed by atoms with Crippen molar-refractivity contribution in [3.8, 4) is 11.5 Å². The first-order valence-electron chi connectivity index (χ1n) is 9.56. The van der Waals surface area contributed by atoms with Crippen molar-refractivity contribution in [1.29, 1.82) is 0 Å². The van der Waals surface area contributed by atoms with Gasteiger partial charge in [-0.2, -0.15) is 4.39 Å². The number of rotatable bonds is 6. The second-order valence-corrected chi connectivity index (χ2v) is 7.25. The van der Waals surface area contributed by atoms with Crippen molar-refractivity contribution in [3.05, 3.63) is 71.5 Å². The van der Waals surface area contributed by atoms with Crippen molar-refractivity contribution in [2.45, 2.75) is 52.1 Å². The van der Waals surface area contributed by atoms with E-state index in [0.717, 1.165) is 5.92 Å². The van der Waals surface area contributed by atoms with Gasteiger partial charge < -0.3 is 9.47 Å². The van der Waals surface area contributed by atoms with Crippen LogP contribution in [0.3, 0.4) is 0 Å². The summed E-state index contributed by atoms with van der Waals surface area (Å²) in [6.45, 7) is 4.01. The molecule has 1 fully saturated rings. The molecule has 0 bridgehead atoms. The van der Waals surface area contributed by atoms with Crippen LogP contribution in [0.25, 0.3) is 0 Å². The molecule has 2 aromatic rings. The van der Waals surface area contributed by atoms with E-state index < -0.39 is 11.6 Å². The van der Waals surface area contributed by atoms with Crippen LogP contribution in [0.5, 0.6) is 11.5 Å². The van der Waals surface area contributed by atoms with E-state index in [2.05, 4.69) is 19.1 Å². The Bertz CT molecular complexity index is 776. The molecular weight excluding hydrogens is 346 g/mol. The minimum atomic E-state index is -1.00. The molecule has 1 aliphatic rings. The fraction of sp³-hybridized carbons (Fsp3) is 0.391. The molecule has 0 heterocycles. The topological polar surface area (TPSA) is 18.5 Å². The van der Waals surface area contributed by atoms with Gasteiger partial charge in [-0.25, -0.2) is 4.39 Å². The third kappa shape index (κ3) is 4.88. The smallest absolute Gasteiger partial charge is 0.201 e. The van der Waals surface area contributed by atoms with Gasteiger partial charge in [-0.3, -0.25) is 0 Å². The Morgan fingerprint density at radius 3 is 2.33 bits per heavy atom. The minimum Gasteiger partial charge on any atom is -0.489 e. The van der Waals surface area contributed by atoms with Gasteiger partial charge in [0.05, 0.1) is 6.26 Å². The van der Waals surface area contributed by atoms with E-state index >= 15 is 0 Å². The van der Waals surface area contributed by atoms with E-state index in [9.17, 15) is 8.78 Å². The van der Waals surface area contributed by atoms with Crippen LogP contribution in [0.2, 0.25) is 0 Å².